The summed E-state index contributed by atoms with van der Waals surface area (Å²) >= 11 is 5.99. The van der Waals surface area contributed by atoms with Crippen molar-refractivity contribution in [3.05, 3.63) is 70.6 Å². The topological polar surface area (TPSA) is 104 Å². The molecule has 36 heavy (non-hydrogen) atoms. The van der Waals surface area contributed by atoms with Crippen molar-refractivity contribution >= 4 is 17.5 Å². The van der Waals surface area contributed by atoms with Gasteiger partial charge in [-0.1, -0.05) is 29.8 Å². The van der Waals surface area contributed by atoms with Crippen LogP contribution in [0.2, 0.25) is 5.02 Å². The Hall–Kier alpha value is -3.35. The van der Waals surface area contributed by atoms with Gasteiger partial charge in [-0.2, -0.15) is 0 Å². The van der Waals surface area contributed by atoms with Crippen LogP contribution in [-0.4, -0.2) is 62.0 Å². The molecule has 1 heterocycles. The highest BCUT2D eigenvalue weighted by atomic mass is 35.5. The standard InChI is InChI=1S/C23H26ClF3N4O5/c1-28-20-19(21(33)29-9-11-34-12-10-32)31(14-15-5-7-16(24)8-6-15)22(30-20)35-17-3-2-4-18(13-17)36-23(25,26)27/h2-8,13,22,28,30,32H,9-12,14H2,1H3,(H,29,33). The minimum atomic E-state index is -4.85. The number of nitrogens with zero attached hydrogens (tertiary/aromatic N) is 1. The minimum absolute atomic E-state index is 0.0878. The molecule has 0 bridgehead atoms. The molecule has 0 saturated heterocycles. The first-order chi connectivity index (χ1) is 17.2. The smallest absolute Gasteiger partial charge is 0.452 e. The van der Waals surface area contributed by atoms with Crippen LogP contribution in [-0.2, 0) is 16.1 Å². The number of aliphatic hydroxyl groups is 1. The summed E-state index contributed by atoms with van der Waals surface area (Å²) in [5, 5.41) is 18.0. The molecule has 1 atom stereocenters. The number of alkyl halides is 3. The first-order valence-electron chi connectivity index (χ1n) is 10.9. The molecule has 1 aliphatic rings. The largest absolute Gasteiger partial charge is 0.573 e. The van der Waals surface area contributed by atoms with Gasteiger partial charge in [0, 0.05) is 31.2 Å². The summed E-state index contributed by atoms with van der Waals surface area (Å²) < 4.78 is 53.0. The van der Waals surface area contributed by atoms with Crippen molar-refractivity contribution in [3.63, 3.8) is 0 Å². The Kier molecular flexibility index (Phi) is 9.51. The molecule has 9 nitrogen and oxygen atoms in total. The number of nitrogens with one attached hydrogen (secondary N) is 3. The molecule has 0 spiro atoms. The molecule has 1 unspecified atom stereocenters. The van der Waals surface area contributed by atoms with Gasteiger partial charge in [-0.15, -0.1) is 13.2 Å². The van der Waals surface area contributed by atoms with Gasteiger partial charge in [-0.05, 0) is 29.8 Å². The van der Waals surface area contributed by atoms with Gasteiger partial charge in [0.05, 0.1) is 19.8 Å². The Morgan fingerprint density at radius 2 is 1.89 bits per heavy atom. The number of amides is 1. The Labute approximate surface area is 210 Å². The Morgan fingerprint density at radius 3 is 2.56 bits per heavy atom. The van der Waals surface area contributed by atoms with E-state index in [4.69, 9.17) is 26.2 Å². The zero-order chi connectivity index (χ0) is 26.1. The summed E-state index contributed by atoms with van der Waals surface area (Å²) in [4.78, 5) is 14.7. The van der Waals surface area contributed by atoms with Crippen molar-refractivity contribution in [1.82, 2.24) is 20.9 Å². The third-order valence-corrected chi connectivity index (χ3v) is 5.11. The average molecular weight is 531 g/mol. The van der Waals surface area contributed by atoms with E-state index in [9.17, 15) is 18.0 Å². The molecule has 2 aromatic carbocycles. The van der Waals surface area contributed by atoms with Crippen LogP contribution in [0, 0.1) is 0 Å². The molecule has 4 N–H and O–H groups in total. The predicted molar refractivity (Wildman–Crippen MR) is 125 cm³/mol. The third kappa shape index (κ3) is 7.83. The lowest BCUT2D eigenvalue weighted by Crippen LogP contribution is -2.44. The van der Waals surface area contributed by atoms with Gasteiger partial charge in [0.2, 0.25) is 0 Å². The van der Waals surface area contributed by atoms with E-state index in [2.05, 4.69) is 20.7 Å². The van der Waals surface area contributed by atoms with Crippen molar-refractivity contribution < 1.29 is 37.3 Å². The molecule has 1 aliphatic heterocycles. The van der Waals surface area contributed by atoms with Crippen molar-refractivity contribution in [2.24, 2.45) is 0 Å². The summed E-state index contributed by atoms with van der Waals surface area (Å²) in [7, 11) is 1.61. The molecule has 0 aliphatic carbocycles. The van der Waals surface area contributed by atoms with Gasteiger partial charge >= 0.3 is 6.36 Å². The molecule has 2 aromatic rings. The number of hydrogen-bond donors (Lipinski definition) is 4. The first-order valence-corrected chi connectivity index (χ1v) is 11.3. The lowest BCUT2D eigenvalue weighted by atomic mass is 10.2. The number of hydrogen-bond acceptors (Lipinski definition) is 8. The van der Waals surface area contributed by atoms with Crippen molar-refractivity contribution in [3.8, 4) is 11.5 Å². The molecular formula is C23H26ClF3N4O5. The maximum atomic E-state index is 13.1. The fraction of sp³-hybridized carbons (Fsp3) is 0.348. The van der Waals surface area contributed by atoms with Gasteiger partial charge < -0.3 is 40.2 Å². The quantitative estimate of drug-likeness (QED) is 0.310. The van der Waals surface area contributed by atoms with Crippen LogP contribution in [0.1, 0.15) is 5.56 Å². The van der Waals surface area contributed by atoms with E-state index >= 15 is 0 Å². The van der Waals surface area contributed by atoms with Gasteiger partial charge in [-0.3, -0.25) is 4.79 Å². The fourth-order valence-corrected chi connectivity index (χ4v) is 3.49. The Morgan fingerprint density at radius 1 is 1.17 bits per heavy atom. The molecule has 3 rings (SSSR count). The van der Waals surface area contributed by atoms with E-state index in [1.807, 2.05) is 0 Å². The van der Waals surface area contributed by atoms with Crippen LogP contribution in [0.4, 0.5) is 13.2 Å². The van der Waals surface area contributed by atoms with Crippen molar-refractivity contribution in [1.29, 1.82) is 0 Å². The molecule has 13 heteroatoms. The molecule has 0 fully saturated rings. The molecule has 196 valence electrons. The first kappa shape index (κ1) is 27.2. The van der Waals surface area contributed by atoms with E-state index in [-0.39, 0.29) is 44.4 Å². The summed E-state index contributed by atoms with van der Waals surface area (Å²) in [5.41, 5.74) is 1.03. The lowest BCUT2D eigenvalue weighted by Gasteiger charge is -2.28. The van der Waals surface area contributed by atoms with Gasteiger partial charge in [0.1, 0.15) is 23.0 Å². The number of benzene rings is 2. The van der Waals surface area contributed by atoms with Crippen LogP contribution in [0.15, 0.2) is 60.0 Å². The highest BCUT2D eigenvalue weighted by Gasteiger charge is 2.37. The lowest BCUT2D eigenvalue weighted by molar-refractivity contribution is -0.274. The fourth-order valence-electron chi connectivity index (χ4n) is 3.37. The zero-order valence-electron chi connectivity index (χ0n) is 19.3. The van der Waals surface area contributed by atoms with Crippen LogP contribution in [0.5, 0.6) is 11.5 Å². The van der Waals surface area contributed by atoms with Gasteiger partial charge in [0.15, 0.2) is 0 Å². The van der Waals surface area contributed by atoms with Crippen LogP contribution >= 0.6 is 11.6 Å². The number of carbonyl (C=O) groups excluding carboxylic acids is 1. The predicted octanol–water partition coefficient (Wildman–Crippen LogP) is 2.52. The van der Waals surface area contributed by atoms with E-state index < -0.39 is 24.4 Å². The minimum Gasteiger partial charge on any atom is -0.452 e. The van der Waals surface area contributed by atoms with E-state index in [1.54, 1.807) is 36.2 Å². The number of halogens is 4. The van der Waals surface area contributed by atoms with E-state index in [0.717, 1.165) is 17.7 Å². The summed E-state index contributed by atoms with van der Waals surface area (Å²) in [5.74, 6) is -0.436. The van der Waals surface area contributed by atoms with E-state index in [1.165, 1.54) is 12.1 Å². The van der Waals surface area contributed by atoms with E-state index in [0.29, 0.717) is 10.8 Å². The normalized spacial score (nSPS) is 15.5. The van der Waals surface area contributed by atoms with Crippen molar-refractivity contribution in [2.45, 2.75) is 19.3 Å². The van der Waals surface area contributed by atoms with Gasteiger partial charge in [-0.25, -0.2) is 0 Å². The monoisotopic (exact) mass is 530 g/mol. The maximum absolute atomic E-state index is 13.1. The zero-order valence-corrected chi connectivity index (χ0v) is 20.0. The second-order valence-electron chi connectivity index (χ2n) is 7.46. The second kappa shape index (κ2) is 12.6. The SMILES string of the molecule is CNC1=C(C(=O)NCCOCCO)N(Cc2ccc(Cl)cc2)C(Oc2cccc(OC(F)(F)F)c2)N1. The van der Waals surface area contributed by atoms with Crippen LogP contribution in [0.3, 0.4) is 0 Å². The van der Waals surface area contributed by atoms with Crippen LogP contribution in [0.25, 0.3) is 0 Å². The summed E-state index contributed by atoms with van der Waals surface area (Å²) in [6.45, 7) is 0.623. The molecule has 0 saturated carbocycles. The van der Waals surface area contributed by atoms with Gasteiger partial charge in [0.25, 0.3) is 12.3 Å². The third-order valence-electron chi connectivity index (χ3n) is 4.86. The number of rotatable bonds is 12. The number of ether oxygens (including phenoxy) is 3. The summed E-state index contributed by atoms with van der Waals surface area (Å²) in [6.07, 6.45) is -5.80. The average Bonchev–Trinajstić information content (AvgIpc) is 3.16. The van der Waals surface area contributed by atoms with Crippen LogP contribution < -0.4 is 25.4 Å². The highest BCUT2D eigenvalue weighted by Crippen LogP contribution is 2.29. The molecule has 1 amide bonds. The second-order valence-corrected chi connectivity index (χ2v) is 7.89. The maximum Gasteiger partial charge on any atom is 0.573 e. The highest BCUT2D eigenvalue weighted by molar-refractivity contribution is 6.30. The number of aliphatic hydroxyl groups excluding tert-OH is 1. The molecule has 0 aromatic heterocycles. The molecular weight excluding hydrogens is 505 g/mol. The number of carbonyl (C=O) groups is 1. The molecule has 0 radical (unpaired) electrons. The Bertz CT molecular complexity index is 1050. The van der Waals surface area contributed by atoms with Crippen molar-refractivity contribution in [2.75, 3.05) is 33.4 Å². The Balaban J connectivity index is 1.82. The summed E-state index contributed by atoms with van der Waals surface area (Å²) in [6, 6.07) is 12.1.